The Morgan fingerprint density at radius 1 is 0.833 bits per heavy atom. The quantitative estimate of drug-likeness (QED) is 0.781. The maximum absolute atomic E-state index is 5.96. The first-order valence-electron chi connectivity index (χ1n) is 6.40. The van der Waals surface area contributed by atoms with Crippen LogP contribution in [0.3, 0.4) is 0 Å². The van der Waals surface area contributed by atoms with Crippen molar-refractivity contribution in [2.75, 3.05) is 0 Å². The first-order chi connectivity index (χ1) is 8.88. The van der Waals surface area contributed by atoms with Crippen LogP contribution in [0.25, 0.3) is 11.1 Å². The molecule has 2 aromatic rings. The molecule has 2 nitrogen and oxygen atoms in total. The summed E-state index contributed by atoms with van der Waals surface area (Å²) >= 11 is 0. The van der Waals surface area contributed by atoms with E-state index in [-0.39, 0.29) is 6.29 Å². The fourth-order valence-electron chi connectivity index (χ4n) is 2.24. The van der Waals surface area contributed by atoms with Gasteiger partial charge in [-0.2, -0.15) is 0 Å². The molecule has 0 atom stereocenters. The highest BCUT2D eigenvalue weighted by Gasteiger charge is 2.21. The molecule has 0 radical (unpaired) electrons. The van der Waals surface area contributed by atoms with Crippen molar-refractivity contribution in [3.8, 4) is 22.6 Å². The van der Waals surface area contributed by atoms with Crippen LogP contribution in [-0.4, -0.2) is 6.29 Å². The number of rotatable bonds is 2. The molecule has 0 bridgehead atoms. The molecular formula is C16H16O2. The fourth-order valence-corrected chi connectivity index (χ4v) is 2.24. The van der Waals surface area contributed by atoms with E-state index in [4.69, 9.17) is 9.47 Å². The minimum absolute atomic E-state index is 0.195. The summed E-state index contributed by atoms with van der Waals surface area (Å²) in [6.45, 7) is 2.13. The summed E-state index contributed by atoms with van der Waals surface area (Å²) in [5.74, 6) is 1.81. The van der Waals surface area contributed by atoms with Crippen molar-refractivity contribution in [1.82, 2.24) is 0 Å². The van der Waals surface area contributed by atoms with E-state index in [0.717, 1.165) is 35.5 Å². The Hall–Kier alpha value is -1.96. The van der Waals surface area contributed by atoms with Gasteiger partial charge in [-0.25, -0.2) is 0 Å². The maximum atomic E-state index is 5.96. The Morgan fingerprint density at radius 2 is 1.33 bits per heavy atom. The third kappa shape index (κ3) is 1.94. The smallest absolute Gasteiger partial charge is 0.241 e. The van der Waals surface area contributed by atoms with Gasteiger partial charge in [0.1, 0.15) is 11.5 Å². The zero-order valence-electron chi connectivity index (χ0n) is 10.4. The lowest BCUT2D eigenvalue weighted by Gasteiger charge is -2.17. The van der Waals surface area contributed by atoms with Crippen LogP contribution in [0, 0.1) is 0 Å². The second-order valence-corrected chi connectivity index (χ2v) is 4.45. The number of fused-ring (bicyclic) bond motifs is 3. The van der Waals surface area contributed by atoms with Crippen molar-refractivity contribution < 1.29 is 9.47 Å². The molecule has 3 rings (SSSR count). The van der Waals surface area contributed by atoms with E-state index < -0.39 is 0 Å². The molecule has 0 saturated heterocycles. The van der Waals surface area contributed by atoms with Gasteiger partial charge in [0.15, 0.2) is 0 Å². The fraction of sp³-hybridized carbons (Fsp3) is 0.250. The largest absolute Gasteiger partial charge is 0.454 e. The minimum atomic E-state index is -0.195. The van der Waals surface area contributed by atoms with Crippen molar-refractivity contribution in [3.63, 3.8) is 0 Å². The Kier molecular flexibility index (Phi) is 2.93. The van der Waals surface area contributed by atoms with Crippen LogP contribution in [0.5, 0.6) is 11.5 Å². The Balaban J connectivity index is 2.12. The highest BCUT2D eigenvalue weighted by molar-refractivity contribution is 5.76. The molecule has 0 amide bonds. The van der Waals surface area contributed by atoms with Crippen LogP contribution in [-0.2, 0) is 0 Å². The summed E-state index contributed by atoms with van der Waals surface area (Å²) < 4.78 is 11.9. The summed E-state index contributed by atoms with van der Waals surface area (Å²) in [6, 6.07) is 16.2. The van der Waals surface area contributed by atoms with Crippen LogP contribution in [0.15, 0.2) is 48.5 Å². The van der Waals surface area contributed by atoms with Gasteiger partial charge in [-0.15, -0.1) is 0 Å². The first-order valence-corrected chi connectivity index (χ1v) is 6.40. The SMILES string of the molecule is CCCC1Oc2ccccc2-c2ccccc2O1. The molecule has 0 aliphatic carbocycles. The number of hydrogen-bond acceptors (Lipinski definition) is 2. The monoisotopic (exact) mass is 240 g/mol. The second-order valence-electron chi connectivity index (χ2n) is 4.45. The molecule has 0 N–H and O–H groups in total. The van der Waals surface area contributed by atoms with Crippen LogP contribution in [0.2, 0.25) is 0 Å². The third-order valence-corrected chi connectivity index (χ3v) is 3.11. The molecule has 92 valence electrons. The second kappa shape index (κ2) is 4.73. The van der Waals surface area contributed by atoms with Gasteiger partial charge in [-0.1, -0.05) is 43.3 Å². The van der Waals surface area contributed by atoms with E-state index in [1.807, 2.05) is 36.4 Å². The van der Waals surface area contributed by atoms with Gasteiger partial charge in [-0.3, -0.25) is 0 Å². The molecular weight excluding hydrogens is 224 g/mol. The molecule has 0 spiro atoms. The average molecular weight is 240 g/mol. The van der Waals surface area contributed by atoms with Gasteiger partial charge in [0.05, 0.1) is 0 Å². The Morgan fingerprint density at radius 3 is 1.83 bits per heavy atom. The highest BCUT2D eigenvalue weighted by Crippen LogP contribution is 2.40. The lowest BCUT2D eigenvalue weighted by molar-refractivity contribution is 0.00260. The zero-order chi connectivity index (χ0) is 12.4. The highest BCUT2D eigenvalue weighted by atomic mass is 16.7. The van der Waals surface area contributed by atoms with E-state index in [1.54, 1.807) is 0 Å². The van der Waals surface area contributed by atoms with Crippen LogP contribution in [0.4, 0.5) is 0 Å². The molecule has 1 aliphatic heterocycles. The van der Waals surface area contributed by atoms with Crippen LogP contribution >= 0.6 is 0 Å². The van der Waals surface area contributed by atoms with Gasteiger partial charge in [-0.05, 0) is 18.6 Å². The number of hydrogen-bond donors (Lipinski definition) is 0. The summed E-state index contributed by atoms with van der Waals surface area (Å²) in [7, 11) is 0. The summed E-state index contributed by atoms with van der Waals surface area (Å²) in [4.78, 5) is 0. The topological polar surface area (TPSA) is 18.5 Å². The van der Waals surface area contributed by atoms with Gasteiger partial charge in [0, 0.05) is 17.5 Å². The lowest BCUT2D eigenvalue weighted by Crippen LogP contribution is -2.22. The summed E-state index contributed by atoms with van der Waals surface area (Å²) in [5, 5.41) is 0. The molecule has 2 heteroatoms. The van der Waals surface area contributed by atoms with Crippen molar-refractivity contribution in [1.29, 1.82) is 0 Å². The third-order valence-electron chi connectivity index (χ3n) is 3.11. The van der Waals surface area contributed by atoms with Gasteiger partial charge >= 0.3 is 0 Å². The van der Waals surface area contributed by atoms with Crippen LogP contribution < -0.4 is 9.47 Å². The van der Waals surface area contributed by atoms with Gasteiger partial charge < -0.3 is 9.47 Å². The normalized spacial score (nSPS) is 13.8. The number of para-hydroxylation sites is 2. The summed E-state index contributed by atoms with van der Waals surface area (Å²) in [5.41, 5.74) is 2.21. The maximum Gasteiger partial charge on any atom is 0.241 e. The van der Waals surface area contributed by atoms with Gasteiger partial charge in [0.2, 0.25) is 6.29 Å². The van der Waals surface area contributed by atoms with Crippen molar-refractivity contribution in [2.24, 2.45) is 0 Å². The molecule has 2 aromatic carbocycles. The predicted molar refractivity (Wildman–Crippen MR) is 71.8 cm³/mol. The predicted octanol–water partition coefficient (Wildman–Crippen LogP) is 4.25. The zero-order valence-corrected chi connectivity index (χ0v) is 10.4. The van der Waals surface area contributed by atoms with E-state index in [2.05, 4.69) is 19.1 Å². The number of benzene rings is 2. The molecule has 0 unspecified atom stereocenters. The van der Waals surface area contributed by atoms with Gasteiger partial charge in [0.25, 0.3) is 0 Å². The molecule has 18 heavy (non-hydrogen) atoms. The van der Waals surface area contributed by atoms with E-state index in [9.17, 15) is 0 Å². The molecule has 0 saturated carbocycles. The average Bonchev–Trinajstić information content (AvgIpc) is 2.55. The first kappa shape index (κ1) is 11.1. The van der Waals surface area contributed by atoms with E-state index in [1.165, 1.54) is 0 Å². The molecule has 0 aromatic heterocycles. The summed E-state index contributed by atoms with van der Waals surface area (Å²) in [6.07, 6.45) is 1.73. The van der Waals surface area contributed by atoms with Crippen molar-refractivity contribution in [3.05, 3.63) is 48.5 Å². The van der Waals surface area contributed by atoms with E-state index >= 15 is 0 Å². The van der Waals surface area contributed by atoms with Crippen molar-refractivity contribution >= 4 is 0 Å². The molecule has 0 fully saturated rings. The minimum Gasteiger partial charge on any atom is -0.454 e. The number of ether oxygens (including phenoxy) is 2. The van der Waals surface area contributed by atoms with E-state index in [0.29, 0.717) is 0 Å². The standard InChI is InChI=1S/C16H16O2/c1-2-7-16-17-14-10-5-3-8-12(14)13-9-4-6-11-15(13)18-16/h3-6,8-11,16H,2,7H2,1H3. The lowest BCUT2D eigenvalue weighted by atomic mass is 10.0. The Bertz CT molecular complexity index is 501. The molecule has 1 aliphatic rings. The Labute approximate surface area is 107 Å². The molecule has 1 heterocycles. The van der Waals surface area contributed by atoms with Crippen LogP contribution in [0.1, 0.15) is 19.8 Å². The van der Waals surface area contributed by atoms with Crippen molar-refractivity contribution in [2.45, 2.75) is 26.1 Å².